The van der Waals surface area contributed by atoms with Gasteiger partial charge in [-0.3, -0.25) is 9.59 Å². The molecule has 0 saturated heterocycles. The number of rotatable bonds is 8. The Bertz CT molecular complexity index is 1410. The van der Waals surface area contributed by atoms with Crippen molar-refractivity contribution in [3.8, 4) is 5.69 Å². The quantitative estimate of drug-likeness (QED) is 0.215. The van der Waals surface area contributed by atoms with Crippen molar-refractivity contribution in [1.82, 2.24) is 19.7 Å². The average Bonchev–Trinajstić information content (AvgIpc) is 3.39. The fourth-order valence-electron chi connectivity index (χ4n) is 3.53. The fraction of sp³-hybridized carbons (Fsp3) is 0.261. The van der Waals surface area contributed by atoms with Crippen LogP contribution in [0.15, 0.2) is 46.5 Å². The number of anilines is 1. The number of aromatic nitrogens is 4. The molecule has 0 spiro atoms. The fourth-order valence-corrected chi connectivity index (χ4v) is 5.34. The Balaban J connectivity index is 1.53. The maximum atomic E-state index is 12.7. The first-order chi connectivity index (χ1) is 16.4. The van der Waals surface area contributed by atoms with Crippen LogP contribution in [0, 0.1) is 6.92 Å². The van der Waals surface area contributed by atoms with E-state index in [-0.39, 0.29) is 23.8 Å². The lowest BCUT2D eigenvalue weighted by atomic mass is 10.1. The van der Waals surface area contributed by atoms with Crippen LogP contribution < -0.4 is 10.9 Å². The summed E-state index contributed by atoms with van der Waals surface area (Å²) in [5.41, 5.74) is 2.13. The Morgan fingerprint density at radius 1 is 1.24 bits per heavy atom. The zero-order chi connectivity index (χ0) is 24.2. The Kier molecular flexibility index (Phi) is 7.13. The number of ether oxygens (including phenoxy) is 1. The van der Waals surface area contributed by atoms with Crippen LogP contribution in [-0.2, 0) is 16.0 Å². The first kappa shape index (κ1) is 23.7. The van der Waals surface area contributed by atoms with E-state index >= 15 is 0 Å². The number of hydrogen-bond acceptors (Lipinski definition) is 8. The predicted molar refractivity (Wildman–Crippen MR) is 133 cm³/mol. The van der Waals surface area contributed by atoms with Crippen molar-refractivity contribution in [1.29, 1.82) is 0 Å². The Morgan fingerprint density at radius 3 is 2.71 bits per heavy atom. The summed E-state index contributed by atoms with van der Waals surface area (Å²) in [5.74, 6) is -0.773. The van der Waals surface area contributed by atoms with Crippen molar-refractivity contribution in [2.45, 2.75) is 32.3 Å². The summed E-state index contributed by atoms with van der Waals surface area (Å²) in [5, 5.41) is 8.23. The Labute approximate surface area is 203 Å². The van der Waals surface area contributed by atoms with Gasteiger partial charge in [0.2, 0.25) is 5.91 Å². The second-order valence-corrected chi connectivity index (χ2v) is 9.44. The predicted octanol–water partition coefficient (Wildman–Crippen LogP) is 3.95. The lowest BCUT2D eigenvalue weighted by Gasteiger charge is -2.08. The van der Waals surface area contributed by atoms with Crippen molar-refractivity contribution >= 4 is 51.0 Å². The highest BCUT2D eigenvalue weighted by atomic mass is 32.2. The third-order valence-corrected chi connectivity index (χ3v) is 6.99. The monoisotopic (exact) mass is 497 g/mol. The van der Waals surface area contributed by atoms with Crippen LogP contribution in [0.3, 0.4) is 0 Å². The summed E-state index contributed by atoms with van der Waals surface area (Å²) in [7, 11) is 0. The third-order valence-electron chi connectivity index (χ3n) is 5.05. The topological polar surface area (TPSA) is 119 Å². The molecule has 0 atom stereocenters. The van der Waals surface area contributed by atoms with Gasteiger partial charge >= 0.3 is 5.97 Å². The minimum Gasteiger partial charge on any atom is -0.462 e. The van der Waals surface area contributed by atoms with Crippen molar-refractivity contribution in [3.63, 3.8) is 0 Å². The molecule has 0 bridgehead atoms. The molecular formula is C23H23N5O4S2. The average molecular weight is 498 g/mol. The molecule has 0 aliphatic rings. The summed E-state index contributed by atoms with van der Waals surface area (Å²) in [6.07, 6.45) is 2.12. The summed E-state index contributed by atoms with van der Waals surface area (Å²) in [4.78, 5) is 45.9. The van der Waals surface area contributed by atoms with Gasteiger partial charge in [-0.05, 0) is 38.0 Å². The summed E-state index contributed by atoms with van der Waals surface area (Å²) >= 11 is 2.44. The van der Waals surface area contributed by atoms with Gasteiger partial charge in [0, 0.05) is 4.88 Å². The zero-order valence-electron chi connectivity index (χ0n) is 18.9. The number of hydrogen-bond donors (Lipinski definition) is 2. The highest BCUT2D eigenvalue weighted by Crippen LogP contribution is 2.34. The van der Waals surface area contributed by atoms with Crippen molar-refractivity contribution in [2.24, 2.45) is 0 Å². The molecule has 3 heterocycles. The molecule has 1 aromatic carbocycles. The molecular weight excluding hydrogens is 474 g/mol. The van der Waals surface area contributed by atoms with Gasteiger partial charge in [-0.2, -0.15) is 5.10 Å². The number of thiophene rings is 1. The number of nitrogens with one attached hydrogen (secondary N) is 2. The smallest absolute Gasteiger partial charge is 0.341 e. The van der Waals surface area contributed by atoms with Crippen molar-refractivity contribution in [3.05, 3.63) is 62.9 Å². The van der Waals surface area contributed by atoms with Crippen LogP contribution in [0.5, 0.6) is 0 Å². The largest absolute Gasteiger partial charge is 0.462 e. The van der Waals surface area contributed by atoms with Crippen molar-refractivity contribution in [2.75, 3.05) is 17.7 Å². The molecule has 0 aliphatic heterocycles. The number of nitrogens with zero attached hydrogens (tertiary/aromatic N) is 3. The SMILES string of the molecule is CCOC(=O)c1c(NC(=O)CSc2nc3c(cnn3-c3ccccc3)c(=O)[nH]2)sc(C)c1CC. The summed E-state index contributed by atoms with van der Waals surface area (Å²) in [6, 6.07) is 9.36. The van der Waals surface area contributed by atoms with Gasteiger partial charge in [0.05, 0.1) is 29.8 Å². The highest BCUT2D eigenvalue weighted by molar-refractivity contribution is 7.99. The van der Waals surface area contributed by atoms with E-state index in [4.69, 9.17) is 4.74 Å². The molecule has 0 radical (unpaired) electrons. The van der Waals surface area contributed by atoms with Crippen LogP contribution in [0.4, 0.5) is 5.00 Å². The van der Waals surface area contributed by atoms with E-state index < -0.39 is 5.97 Å². The van der Waals surface area contributed by atoms with E-state index in [1.54, 1.807) is 11.6 Å². The molecule has 2 N–H and O–H groups in total. The normalized spacial score (nSPS) is 11.0. The number of esters is 1. The van der Waals surface area contributed by atoms with Gasteiger partial charge in [0.1, 0.15) is 10.4 Å². The standard InChI is InChI=1S/C23H23N5O4S2/c1-4-15-13(3)34-21(18(15)22(31)32-5-2)25-17(29)12-33-23-26-19-16(20(30)27-23)11-24-28(19)14-9-7-6-8-10-14/h6-11H,4-5,12H2,1-3H3,(H,25,29)(H,26,27,30). The number of aryl methyl sites for hydroxylation is 1. The van der Waals surface area contributed by atoms with E-state index in [9.17, 15) is 14.4 Å². The number of thioether (sulfide) groups is 1. The molecule has 9 nitrogen and oxygen atoms in total. The number of carbonyl (C=O) groups excluding carboxylic acids is 2. The number of para-hydroxylation sites is 1. The third kappa shape index (κ3) is 4.75. The summed E-state index contributed by atoms with van der Waals surface area (Å²) in [6.45, 7) is 5.86. The number of carbonyl (C=O) groups is 2. The second kappa shape index (κ2) is 10.2. The number of fused-ring (bicyclic) bond motifs is 1. The van der Waals surface area contributed by atoms with Gasteiger partial charge in [-0.25, -0.2) is 14.5 Å². The van der Waals surface area contributed by atoms with Crippen molar-refractivity contribution < 1.29 is 14.3 Å². The maximum Gasteiger partial charge on any atom is 0.341 e. The molecule has 0 fully saturated rings. The first-order valence-corrected chi connectivity index (χ1v) is 12.5. The zero-order valence-corrected chi connectivity index (χ0v) is 20.5. The van der Waals surface area contributed by atoms with Crippen LogP contribution in [0.1, 0.15) is 34.6 Å². The molecule has 4 rings (SSSR count). The highest BCUT2D eigenvalue weighted by Gasteiger charge is 2.23. The molecule has 176 valence electrons. The number of benzene rings is 1. The van der Waals surface area contributed by atoms with Crippen LogP contribution >= 0.6 is 23.1 Å². The number of H-pyrrole nitrogens is 1. The van der Waals surface area contributed by atoms with Crippen LogP contribution in [-0.4, -0.2) is 44.0 Å². The second-order valence-electron chi connectivity index (χ2n) is 7.25. The molecule has 34 heavy (non-hydrogen) atoms. The molecule has 0 saturated carbocycles. The Morgan fingerprint density at radius 2 is 2.00 bits per heavy atom. The van der Waals surface area contributed by atoms with Gasteiger partial charge in [0.15, 0.2) is 10.8 Å². The molecule has 0 unspecified atom stereocenters. The van der Waals surface area contributed by atoms with Gasteiger partial charge < -0.3 is 15.0 Å². The molecule has 3 aromatic heterocycles. The number of aromatic amines is 1. The van der Waals surface area contributed by atoms with E-state index in [1.807, 2.05) is 44.2 Å². The van der Waals surface area contributed by atoms with E-state index in [2.05, 4.69) is 20.4 Å². The minimum absolute atomic E-state index is 0.00536. The first-order valence-electron chi connectivity index (χ1n) is 10.7. The van der Waals surface area contributed by atoms with Gasteiger partial charge in [0.25, 0.3) is 5.56 Å². The number of amides is 1. The van der Waals surface area contributed by atoms with E-state index in [0.29, 0.717) is 33.2 Å². The minimum atomic E-state index is -0.447. The lowest BCUT2D eigenvalue weighted by Crippen LogP contribution is -2.17. The van der Waals surface area contributed by atoms with Crippen LogP contribution in [0.25, 0.3) is 16.7 Å². The van der Waals surface area contributed by atoms with Gasteiger partial charge in [-0.1, -0.05) is 36.9 Å². The lowest BCUT2D eigenvalue weighted by molar-refractivity contribution is -0.113. The molecule has 1 amide bonds. The Hall–Kier alpha value is -3.44. The summed E-state index contributed by atoms with van der Waals surface area (Å²) < 4.78 is 6.77. The van der Waals surface area contributed by atoms with E-state index in [0.717, 1.165) is 27.9 Å². The van der Waals surface area contributed by atoms with E-state index in [1.165, 1.54) is 17.5 Å². The maximum absolute atomic E-state index is 12.7. The molecule has 11 heteroatoms. The van der Waals surface area contributed by atoms with Gasteiger partial charge in [-0.15, -0.1) is 11.3 Å². The van der Waals surface area contributed by atoms with Crippen LogP contribution in [0.2, 0.25) is 0 Å². The molecule has 4 aromatic rings. The molecule has 0 aliphatic carbocycles.